The summed E-state index contributed by atoms with van der Waals surface area (Å²) in [6.45, 7) is 0. The molecule has 0 radical (unpaired) electrons. The van der Waals surface area contributed by atoms with Crippen molar-refractivity contribution >= 4 is 36.2 Å². The number of hydrogen-bond acceptors (Lipinski definition) is 2. The van der Waals surface area contributed by atoms with Crippen molar-refractivity contribution in [2.75, 3.05) is 0 Å². The van der Waals surface area contributed by atoms with Gasteiger partial charge in [-0.3, -0.25) is 4.70 Å². The van der Waals surface area contributed by atoms with Crippen LogP contribution in [-0.2, 0) is 21.0 Å². The first-order chi connectivity index (χ1) is 2.00. The summed E-state index contributed by atoms with van der Waals surface area (Å²) >= 11 is -5.12. The molecular formula is H7AlFLiMnO4. The fraction of sp³-hybridized carbons (Fsp3) is 0. The van der Waals surface area contributed by atoms with Gasteiger partial charge in [-0.2, -0.15) is 0 Å². The minimum absolute atomic E-state index is 0. The van der Waals surface area contributed by atoms with E-state index in [4.69, 9.17) is 16.0 Å². The SMILES string of the molecule is F.[AlH3].[LiH].[O]=[Mn](=[O])([OH])[OH]. The summed E-state index contributed by atoms with van der Waals surface area (Å²) in [5.41, 5.74) is 0. The quantitative estimate of drug-likeness (QED) is 0.387. The van der Waals surface area contributed by atoms with Crippen LogP contribution in [0, 0.1) is 0 Å². The molecule has 0 bridgehead atoms. The summed E-state index contributed by atoms with van der Waals surface area (Å²) in [5.74, 6) is 0. The second-order valence-electron chi connectivity index (χ2n) is 0.415. The molecule has 0 saturated heterocycles. The van der Waals surface area contributed by atoms with E-state index in [0.717, 1.165) is 0 Å². The van der Waals surface area contributed by atoms with Crippen molar-refractivity contribution < 1.29 is 34.1 Å². The van der Waals surface area contributed by atoms with Crippen molar-refractivity contribution in [3.63, 3.8) is 0 Å². The van der Waals surface area contributed by atoms with Gasteiger partial charge in [0.2, 0.25) is 0 Å². The Balaban J connectivity index is -0.0000000267. The fourth-order valence-electron chi connectivity index (χ4n) is 0. The van der Waals surface area contributed by atoms with Crippen molar-refractivity contribution in [1.82, 2.24) is 0 Å². The molecule has 0 fully saturated rings. The van der Waals surface area contributed by atoms with Crippen LogP contribution in [0.5, 0.6) is 0 Å². The van der Waals surface area contributed by atoms with Gasteiger partial charge in [0.05, 0.1) is 0 Å². The Labute approximate surface area is 70.2 Å². The molecule has 4 nitrogen and oxygen atoms in total. The Morgan fingerprint density at radius 2 is 1.12 bits per heavy atom. The summed E-state index contributed by atoms with van der Waals surface area (Å²) in [4.78, 5) is 0. The Kier molecular flexibility index (Phi) is 23.2. The van der Waals surface area contributed by atoms with Crippen molar-refractivity contribution in [1.29, 1.82) is 0 Å². The first-order valence-electron chi connectivity index (χ1n) is 0.647. The molecule has 0 aromatic heterocycles. The summed E-state index contributed by atoms with van der Waals surface area (Å²) in [5, 5.41) is 0. The van der Waals surface area contributed by atoms with Gasteiger partial charge in [0, 0.05) is 0 Å². The molecule has 0 rings (SSSR count). The number of rotatable bonds is 0. The summed E-state index contributed by atoms with van der Waals surface area (Å²) < 4.78 is 31.8. The molecule has 0 atom stereocenters. The zero-order chi connectivity index (χ0) is 4.50. The first-order valence-corrected chi connectivity index (χ1v) is 2.67. The van der Waals surface area contributed by atoms with Gasteiger partial charge in [-0.05, 0) is 0 Å². The van der Waals surface area contributed by atoms with Crippen LogP contribution in [0.4, 0.5) is 4.70 Å². The van der Waals surface area contributed by atoms with E-state index in [9.17, 15) is 0 Å². The predicted molar refractivity (Wildman–Crippen MR) is 25.4 cm³/mol. The number of hydrogen-bond donors (Lipinski definition) is 2. The molecule has 0 aromatic carbocycles. The summed E-state index contributed by atoms with van der Waals surface area (Å²) in [6, 6.07) is 0. The van der Waals surface area contributed by atoms with Gasteiger partial charge in [0.1, 0.15) is 0 Å². The molecule has 49 valence electrons. The van der Waals surface area contributed by atoms with Crippen LogP contribution in [0.3, 0.4) is 0 Å². The van der Waals surface area contributed by atoms with Crippen LogP contribution in [-0.4, -0.2) is 44.6 Å². The number of halogens is 1. The zero-order valence-electron chi connectivity index (χ0n) is 2.50. The Bertz CT molecular complexity index is 99.2. The second-order valence-corrected chi connectivity index (χ2v) is 1.71. The predicted octanol–water partition coefficient (Wildman–Crippen LogP) is -3.03. The Morgan fingerprint density at radius 3 is 1.12 bits per heavy atom. The van der Waals surface area contributed by atoms with E-state index < -0.39 is 13.4 Å². The van der Waals surface area contributed by atoms with E-state index in [-0.39, 0.29) is 40.9 Å². The minimum atomic E-state index is -5.12. The maximum atomic E-state index is 8.80. The summed E-state index contributed by atoms with van der Waals surface area (Å²) in [6.07, 6.45) is 0. The van der Waals surface area contributed by atoms with Crippen molar-refractivity contribution in [3.8, 4) is 0 Å². The van der Waals surface area contributed by atoms with Crippen LogP contribution in [0.15, 0.2) is 0 Å². The first kappa shape index (κ1) is 23.0. The monoisotopic (exact) mass is 179 g/mol. The molecule has 0 aliphatic carbocycles. The molecule has 0 saturated carbocycles. The Morgan fingerprint density at radius 1 is 1.12 bits per heavy atom. The van der Waals surface area contributed by atoms with E-state index in [1.807, 2.05) is 0 Å². The normalized spacial score (nSPS) is 7.25. The maximum absolute atomic E-state index is 8.80. The molecule has 8 heteroatoms. The third-order valence-electron chi connectivity index (χ3n) is 0. The zero-order valence-corrected chi connectivity index (χ0v) is 3.68. The molecule has 8 heavy (non-hydrogen) atoms. The summed E-state index contributed by atoms with van der Waals surface area (Å²) in [7, 11) is 0. The van der Waals surface area contributed by atoms with Gasteiger partial charge in [0.15, 0.2) is 17.4 Å². The van der Waals surface area contributed by atoms with Crippen LogP contribution < -0.4 is 0 Å². The average Bonchev–Trinajstić information content (AvgIpc) is 0.722. The van der Waals surface area contributed by atoms with Crippen LogP contribution in [0.2, 0.25) is 0 Å². The van der Waals surface area contributed by atoms with Gasteiger partial charge < -0.3 is 0 Å². The van der Waals surface area contributed by atoms with Crippen molar-refractivity contribution in [2.45, 2.75) is 0 Å². The third-order valence-corrected chi connectivity index (χ3v) is 0. The van der Waals surface area contributed by atoms with Crippen LogP contribution in [0.25, 0.3) is 0 Å². The van der Waals surface area contributed by atoms with E-state index >= 15 is 0 Å². The molecule has 0 aromatic rings. The standard InChI is InChI=1S/Al.FH.Li.Mn.2H2O.2O.4H/h;1H;;;2*1H2;;;;;;/q;;;+2;;;;;;;;/p-2. The molecule has 0 unspecified atom stereocenters. The Hall–Kier alpha value is 1.10. The van der Waals surface area contributed by atoms with E-state index in [1.54, 1.807) is 0 Å². The molecule has 0 aliphatic rings. The van der Waals surface area contributed by atoms with Crippen molar-refractivity contribution in [3.05, 3.63) is 0 Å². The van der Waals surface area contributed by atoms with E-state index in [0.29, 0.717) is 0 Å². The third kappa shape index (κ3) is 219. The van der Waals surface area contributed by atoms with Gasteiger partial charge >= 0.3 is 48.3 Å². The molecule has 2 N–H and O–H groups in total. The fourth-order valence-corrected chi connectivity index (χ4v) is 0. The second kappa shape index (κ2) is 8.10. The molecular weight excluding hydrogens is 172 g/mol. The van der Waals surface area contributed by atoms with Gasteiger partial charge in [-0.25, -0.2) is 0 Å². The van der Waals surface area contributed by atoms with Gasteiger partial charge in [-0.1, -0.05) is 0 Å². The van der Waals surface area contributed by atoms with E-state index in [2.05, 4.69) is 0 Å². The van der Waals surface area contributed by atoms with Gasteiger partial charge in [0.25, 0.3) is 0 Å². The topological polar surface area (TPSA) is 74.6 Å². The average molecular weight is 179 g/mol. The van der Waals surface area contributed by atoms with Crippen LogP contribution >= 0.6 is 0 Å². The van der Waals surface area contributed by atoms with E-state index in [1.165, 1.54) is 0 Å². The molecule has 0 heterocycles. The van der Waals surface area contributed by atoms with Crippen molar-refractivity contribution in [2.24, 2.45) is 0 Å². The molecule has 0 aliphatic heterocycles. The van der Waals surface area contributed by atoms with Gasteiger partial charge in [-0.15, -0.1) is 0 Å². The molecule has 0 amide bonds. The molecule has 0 spiro atoms. The van der Waals surface area contributed by atoms with Crippen LogP contribution in [0.1, 0.15) is 0 Å².